The molecule has 0 bridgehead atoms. The zero-order valence-corrected chi connectivity index (χ0v) is 18.0. The summed E-state index contributed by atoms with van der Waals surface area (Å²) in [7, 11) is 3.36. The van der Waals surface area contributed by atoms with Crippen LogP contribution in [0.2, 0.25) is 5.02 Å². The van der Waals surface area contributed by atoms with Crippen molar-refractivity contribution in [3.05, 3.63) is 70.3 Å². The van der Waals surface area contributed by atoms with E-state index in [0.29, 0.717) is 17.2 Å². The monoisotopic (exact) mass is 414 g/mol. The second-order valence-corrected chi connectivity index (χ2v) is 7.33. The number of ether oxygens (including phenoxy) is 1. The lowest BCUT2D eigenvalue weighted by molar-refractivity contribution is -0.130. The Kier molecular flexibility index (Phi) is 8.28. The molecular formula is C23H27ClN2O3. The number of rotatable bonds is 8. The van der Waals surface area contributed by atoms with E-state index >= 15 is 0 Å². The third kappa shape index (κ3) is 6.64. The van der Waals surface area contributed by atoms with Crippen molar-refractivity contribution in [3.63, 3.8) is 0 Å². The highest BCUT2D eigenvalue weighted by atomic mass is 35.5. The molecule has 29 heavy (non-hydrogen) atoms. The van der Waals surface area contributed by atoms with Gasteiger partial charge in [-0.3, -0.25) is 9.59 Å². The Bertz CT molecular complexity index is 893. The minimum atomic E-state index is -0.237. The van der Waals surface area contributed by atoms with Crippen LogP contribution in [0.3, 0.4) is 0 Å². The molecule has 6 heteroatoms. The molecule has 5 nitrogen and oxygen atoms in total. The molecule has 0 fully saturated rings. The average molecular weight is 415 g/mol. The van der Waals surface area contributed by atoms with E-state index in [1.54, 1.807) is 26.2 Å². The fraction of sp³-hybridized carbons (Fsp3) is 0.304. The summed E-state index contributed by atoms with van der Waals surface area (Å²) >= 11 is 6.13. The maximum atomic E-state index is 12.4. The van der Waals surface area contributed by atoms with E-state index in [-0.39, 0.29) is 24.5 Å². The van der Waals surface area contributed by atoms with Gasteiger partial charge in [0.2, 0.25) is 5.91 Å². The van der Waals surface area contributed by atoms with E-state index < -0.39 is 0 Å². The maximum Gasteiger partial charge on any atom is 0.259 e. The number of hydrogen-bond donors (Lipinski definition) is 1. The van der Waals surface area contributed by atoms with Crippen molar-refractivity contribution >= 4 is 29.5 Å². The molecule has 0 saturated carbocycles. The first-order chi connectivity index (χ1) is 13.8. The van der Waals surface area contributed by atoms with Gasteiger partial charge in [0.15, 0.2) is 6.61 Å². The summed E-state index contributed by atoms with van der Waals surface area (Å²) < 4.78 is 5.70. The van der Waals surface area contributed by atoms with Crippen LogP contribution in [0.25, 0.3) is 6.08 Å². The molecule has 0 saturated heterocycles. The van der Waals surface area contributed by atoms with Crippen LogP contribution in [0, 0.1) is 6.92 Å². The van der Waals surface area contributed by atoms with Crippen molar-refractivity contribution in [1.82, 2.24) is 10.2 Å². The Morgan fingerprint density at radius 3 is 2.59 bits per heavy atom. The fourth-order valence-corrected chi connectivity index (χ4v) is 2.86. The molecule has 1 atom stereocenters. The molecule has 0 heterocycles. The van der Waals surface area contributed by atoms with E-state index in [1.165, 1.54) is 11.0 Å². The molecule has 154 valence electrons. The van der Waals surface area contributed by atoms with Gasteiger partial charge in [0.05, 0.1) is 6.04 Å². The highest BCUT2D eigenvalue weighted by molar-refractivity contribution is 6.31. The topological polar surface area (TPSA) is 58.6 Å². The molecule has 0 radical (unpaired) electrons. The molecule has 0 spiro atoms. The number of amides is 2. The van der Waals surface area contributed by atoms with Gasteiger partial charge in [-0.15, -0.1) is 0 Å². The number of para-hydroxylation sites is 1. The largest absolute Gasteiger partial charge is 0.483 e. The number of nitrogens with one attached hydrogen (secondary N) is 1. The van der Waals surface area contributed by atoms with E-state index in [2.05, 4.69) is 5.32 Å². The smallest absolute Gasteiger partial charge is 0.259 e. The number of halogens is 1. The Hall–Kier alpha value is -2.79. The van der Waals surface area contributed by atoms with Crippen LogP contribution in [-0.2, 0) is 9.59 Å². The highest BCUT2D eigenvalue weighted by Gasteiger charge is 2.17. The van der Waals surface area contributed by atoms with E-state index in [0.717, 1.165) is 16.7 Å². The summed E-state index contributed by atoms with van der Waals surface area (Å²) in [5.41, 5.74) is 2.68. The summed E-state index contributed by atoms with van der Waals surface area (Å²) in [5, 5.41) is 3.66. The summed E-state index contributed by atoms with van der Waals surface area (Å²) in [4.78, 5) is 25.7. The average Bonchev–Trinajstić information content (AvgIpc) is 2.71. The van der Waals surface area contributed by atoms with Crippen molar-refractivity contribution in [2.24, 2.45) is 0 Å². The van der Waals surface area contributed by atoms with Gasteiger partial charge in [0, 0.05) is 30.8 Å². The number of hydrogen-bond acceptors (Lipinski definition) is 3. The summed E-state index contributed by atoms with van der Waals surface area (Å²) in [5.74, 6) is 0.244. The van der Waals surface area contributed by atoms with Crippen molar-refractivity contribution in [3.8, 4) is 5.75 Å². The lowest BCUT2D eigenvalue weighted by Gasteiger charge is -2.20. The number of benzene rings is 2. The Morgan fingerprint density at radius 1 is 1.21 bits per heavy atom. The van der Waals surface area contributed by atoms with E-state index in [4.69, 9.17) is 16.3 Å². The van der Waals surface area contributed by atoms with Crippen LogP contribution >= 0.6 is 11.6 Å². The van der Waals surface area contributed by atoms with Gasteiger partial charge >= 0.3 is 0 Å². The predicted molar refractivity (Wildman–Crippen MR) is 117 cm³/mol. The van der Waals surface area contributed by atoms with Gasteiger partial charge in [-0.05, 0) is 42.7 Å². The third-order valence-electron chi connectivity index (χ3n) is 4.49. The molecule has 2 rings (SSSR count). The lowest BCUT2D eigenvalue weighted by atomic mass is 10.0. The fourth-order valence-electron chi connectivity index (χ4n) is 2.67. The van der Waals surface area contributed by atoms with Crippen molar-refractivity contribution < 1.29 is 14.3 Å². The second kappa shape index (κ2) is 10.7. The van der Waals surface area contributed by atoms with Gasteiger partial charge in [0.1, 0.15) is 5.75 Å². The van der Waals surface area contributed by atoms with Crippen LogP contribution in [0.1, 0.15) is 36.1 Å². The van der Waals surface area contributed by atoms with Crippen LogP contribution in [0.4, 0.5) is 0 Å². The van der Waals surface area contributed by atoms with E-state index in [9.17, 15) is 9.59 Å². The summed E-state index contributed by atoms with van der Waals surface area (Å²) in [6, 6.07) is 12.8. The third-order valence-corrected chi connectivity index (χ3v) is 4.90. The van der Waals surface area contributed by atoms with Crippen LogP contribution in [0.5, 0.6) is 5.75 Å². The molecule has 2 aromatic carbocycles. The number of carbonyl (C=O) groups excluding carboxylic acids is 2. The number of carbonyl (C=O) groups is 2. The quantitative estimate of drug-likeness (QED) is 0.651. The molecule has 0 aromatic heterocycles. The lowest BCUT2D eigenvalue weighted by Crippen LogP contribution is -2.29. The molecular weight excluding hydrogens is 388 g/mol. The van der Waals surface area contributed by atoms with Crippen LogP contribution in [0.15, 0.2) is 48.5 Å². The molecule has 0 aliphatic carbocycles. The van der Waals surface area contributed by atoms with Gasteiger partial charge in [0.25, 0.3) is 5.91 Å². The van der Waals surface area contributed by atoms with Gasteiger partial charge < -0.3 is 15.0 Å². The van der Waals surface area contributed by atoms with Crippen molar-refractivity contribution in [2.75, 3.05) is 20.7 Å². The van der Waals surface area contributed by atoms with Crippen LogP contribution in [-0.4, -0.2) is 37.4 Å². The molecule has 0 aliphatic heterocycles. The SMILES string of the molecule is CCC(NC(=O)C=Cc1ccc(C)c(Cl)c1)c1ccccc1OCC(=O)N(C)C. The first kappa shape index (κ1) is 22.5. The Balaban J connectivity index is 2.09. The minimum Gasteiger partial charge on any atom is -0.483 e. The summed E-state index contributed by atoms with van der Waals surface area (Å²) in [6.45, 7) is 3.86. The summed E-state index contributed by atoms with van der Waals surface area (Å²) in [6.07, 6.45) is 3.90. The first-order valence-electron chi connectivity index (χ1n) is 9.48. The van der Waals surface area contributed by atoms with E-state index in [1.807, 2.05) is 50.2 Å². The standard InChI is InChI=1S/C23H27ClN2O3/c1-5-20(18-8-6-7-9-21(18)29-15-23(28)26(3)4)25-22(27)13-12-17-11-10-16(2)19(24)14-17/h6-14,20H,5,15H2,1-4H3,(H,25,27). The zero-order chi connectivity index (χ0) is 21.4. The van der Waals surface area contributed by atoms with Crippen molar-refractivity contribution in [2.45, 2.75) is 26.3 Å². The highest BCUT2D eigenvalue weighted by Crippen LogP contribution is 2.27. The first-order valence-corrected chi connectivity index (χ1v) is 9.86. The zero-order valence-electron chi connectivity index (χ0n) is 17.2. The maximum absolute atomic E-state index is 12.4. The Labute approximate surface area is 177 Å². The van der Waals surface area contributed by atoms with Gasteiger partial charge in [-0.25, -0.2) is 0 Å². The molecule has 2 aromatic rings. The molecule has 2 amide bonds. The van der Waals surface area contributed by atoms with Crippen molar-refractivity contribution in [1.29, 1.82) is 0 Å². The Morgan fingerprint density at radius 2 is 1.93 bits per heavy atom. The minimum absolute atomic E-state index is 0.0531. The molecule has 1 unspecified atom stereocenters. The normalized spacial score (nSPS) is 11.9. The van der Waals surface area contributed by atoms with Gasteiger partial charge in [-0.2, -0.15) is 0 Å². The van der Waals surface area contributed by atoms with Crippen LogP contribution < -0.4 is 10.1 Å². The number of aryl methyl sites for hydroxylation is 1. The predicted octanol–water partition coefficient (Wildman–Crippen LogP) is 4.40. The number of nitrogens with zero attached hydrogens (tertiary/aromatic N) is 1. The van der Waals surface area contributed by atoms with Gasteiger partial charge in [-0.1, -0.05) is 48.9 Å². The molecule has 1 N–H and O–H groups in total. The number of likely N-dealkylation sites (N-methyl/N-ethyl adjacent to an activating group) is 1. The molecule has 0 aliphatic rings. The second-order valence-electron chi connectivity index (χ2n) is 6.93.